The molecule has 1 saturated carbocycles. The molecule has 1 rings (SSSR count). The van der Waals surface area contributed by atoms with E-state index in [1.807, 2.05) is 0 Å². The normalized spacial score (nSPS) is 27.2. The van der Waals surface area contributed by atoms with Crippen molar-refractivity contribution in [3.8, 4) is 0 Å². The summed E-state index contributed by atoms with van der Waals surface area (Å²) in [4.78, 5) is 11.9. The van der Waals surface area contributed by atoms with Crippen LogP contribution in [0.15, 0.2) is 0 Å². The molecule has 1 fully saturated rings. The van der Waals surface area contributed by atoms with Crippen LogP contribution in [0.5, 0.6) is 0 Å². The van der Waals surface area contributed by atoms with Crippen LogP contribution in [-0.2, 0) is 9.53 Å². The summed E-state index contributed by atoms with van der Waals surface area (Å²) < 4.78 is 4.80. The second-order valence-electron chi connectivity index (χ2n) is 4.76. The molecule has 1 aliphatic rings. The summed E-state index contributed by atoms with van der Waals surface area (Å²) in [6, 6.07) is -0.0444. The summed E-state index contributed by atoms with van der Waals surface area (Å²) in [6.45, 7) is 0.465. The molecule has 0 aromatic carbocycles. The van der Waals surface area contributed by atoms with Gasteiger partial charge in [0, 0.05) is 19.7 Å². The van der Waals surface area contributed by atoms with Gasteiger partial charge in [-0.2, -0.15) is 0 Å². The highest BCUT2D eigenvalue weighted by Gasteiger charge is 2.26. The molecule has 1 amide bonds. The van der Waals surface area contributed by atoms with Crippen molar-refractivity contribution >= 4 is 5.91 Å². The molecule has 4 N–H and O–H groups in total. The zero-order valence-electron chi connectivity index (χ0n) is 10.5. The van der Waals surface area contributed by atoms with Crippen molar-refractivity contribution in [1.29, 1.82) is 0 Å². The third-order valence-corrected chi connectivity index (χ3v) is 3.28. The summed E-state index contributed by atoms with van der Waals surface area (Å²) >= 11 is 0. The Hall–Kier alpha value is -0.650. The smallest absolute Gasteiger partial charge is 0.224 e. The Morgan fingerprint density at radius 3 is 2.88 bits per heavy atom. The summed E-state index contributed by atoms with van der Waals surface area (Å²) in [7, 11) is 1.52. The fourth-order valence-corrected chi connectivity index (χ4v) is 2.26. The van der Waals surface area contributed by atoms with Gasteiger partial charge in [-0.25, -0.2) is 0 Å². The van der Waals surface area contributed by atoms with E-state index in [1.54, 1.807) is 0 Å². The maximum atomic E-state index is 11.9. The molecule has 17 heavy (non-hydrogen) atoms. The Bertz CT molecular complexity index is 236. The van der Waals surface area contributed by atoms with E-state index >= 15 is 0 Å². The van der Waals surface area contributed by atoms with Gasteiger partial charge in [-0.15, -0.1) is 0 Å². The van der Waals surface area contributed by atoms with E-state index in [4.69, 9.17) is 10.5 Å². The molecule has 0 saturated heterocycles. The average Bonchev–Trinajstić information content (AvgIpc) is 2.51. The third-order valence-electron chi connectivity index (χ3n) is 3.28. The van der Waals surface area contributed by atoms with Gasteiger partial charge in [-0.05, 0) is 12.8 Å². The predicted octanol–water partition coefficient (Wildman–Crippen LogP) is 0.0175. The van der Waals surface area contributed by atoms with Crippen LogP contribution in [0.2, 0.25) is 0 Å². The molecule has 0 radical (unpaired) electrons. The molecule has 3 unspecified atom stereocenters. The van der Waals surface area contributed by atoms with Crippen molar-refractivity contribution in [2.75, 3.05) is 20.3 Å². The van der Waals surface area contributed by atoms with E-state index < -0.39 is 6.10 Å². The third kappa shape index (κ3) is 5.02. The van der Waals surface area contributed by atoms with Crippen LogP contribution in [0.3, 0.4) is 0 Å². The van der Waals surface area contributed by atoms with E-state index in [9.17, 15) is 9.90 Å². The van der Waals surface area contributed by atoms with Gasteiger partial charge in [-0.1, -0.05) is 19.3 Å². The highest BCUT2D eigenvalue weighted by molar-refractivity contribution is 5.79. The first-order valence-corrected chi connectivity index (χ1v) is 6.35. The fourth-order valence-electron chi connectivity index (χ4n) is 2.26. The molecule has 5 nitrogen and oxygen atoms in total. The van der Waals surface area contributed by atoms with E-state index in [0.717, 1.165) is 32.1 Å². The standard InChI is InChI=1S/C12H24N2O3/c1-17-8-9(15)7-14-12(16)10-5-3-2-4-6-11(10)13/h9-11,15H,2-8,13H2,1H3,(H,14,16). The topological polar surface area (TPSA) is 84.6 Å². The fraction of sp³-hybridized carbons (Fsp3) is 0.917. The van der Waals surface area contributed by atoms with Gasteiger partial charge in [0.05, 0.1) is 18.6 Å². The lowest BCUT2D eigenvalue weighted by Gasteiger charge is -2.21. The lowest BCUT2D eigenvalue weighted by molar-refractivity contribution is -0.126. The van der Waals surface area contributed by atoms with Crippen LogP contribution in [-0.4, -0.2) is 43.4 Å². The maximum Gasteiger partial charge on any atom is 0.224 e. The van der Waals surface area contributed by atoms with E-state index in [-0.39, 0.29) is 31.0 Å². The van der Waals surface area contributed by atoms with Gasteiger partial charge in [0.1, 0.15) is 0 Å². The van der Waals surface area contributed by atoms with Gasteiger partial charge in [0.25, 0.3) is 0 Å². The van der Waals surface area contributed by atoms with Crippen molar-refractivity contribution in [1.82, 2.24) is 5.32 Å². The molecule has 0 aromatic heterocycles. The van der Waals surface area contributed by atoms with Gasteiger partial charge in [-0.3, -0.25) is 4.79 Å². The van der Waals surface area contributed by atoms with Crippen molar-refractivity contribution in [2.24, 2.45) is 11.7 Å². The minimum Gasteiger partial charge on any atom is -0.389 e. The van der Waals surface area contributed by atoms with Crippen molar-refractivity contribution in [2.45, 2.75) is 44.2 Å². The number of aliphatic hydroxyl groups excluding tert-OH is 1. The highest BCUT2D eigenvalue weighted by Crippen LogP contribution is 2.22. The van der Waals surface area contributed by atoms with Crippen molar-refractivity contribution in [3.05, 3.63) is 0 Å². The van der Waals surface area contributed by atoms with E-state index in [2.05, 4.69) is 5.32 Å². The first-order valence-electron chi connectivity index (χ1n) is 6.35. The molecule has 3 atom stereocenters. The number of methoxy groups -OCH3 is 1. The second-order valence-corrected chi connectivity index (χ2v) is 4.76. The van der Waals surface area contributed by atoms with E-state index in [1.165, 1.54) is 7.11 Å². The van der Waals surface area contributed by atoms with Gasteiger partial charge < -0.3 is 20.9 Å². The minimum absolute atomic E-state index is 0.0328. The van der Waals surface area contributed by atoms with Crippen molar-refractivity contribution in [3.63, 3.8) is 0 Å². The molecule has 1 aliphatic carbocycles. The molecule has 100 valence electrons. The molecule has 0 bridgehead atoms. The molecular formula is C12H24N2O3. The predicted molar refractivity (Wildman–Crippen MR) is 65.4 cm³/mol. The zero-order valence-corrected chi connectivity index (χ0v) is 10.5. The van der Waals surface area contributed by atoms with Crippen LogP contribution in [0.4, 0.5) is 0 Å². The average molecular weight is 244 g/mol. The quantitative estimate of drug-likeness (QED) is 0.595. The number of carbonyl (C=O) groups is 1. The minimum atomic E-state index is -0.647. The molecule has 0 aromatic rings. The highest BCUT2D eigenvalue weighted by atomic mass is 16.5. The number of ether oxygens (including phenoxy) is 1. The Morgan fingerprint density at radius 1 is 1.47 bits per heavy atom. The lowest BCUT2D eigenvalue weighted by atomic mass is 9.94. The van der Waals surface area contributed by atoms with Crippen LogP contribution >= 0.6 is 0 Å². The molecule has 5 heteroatoms. The maximum absolute atomic E-state index is 11.9. The number of hydrogen-bond acceptors (Lipinski definition) is 4. The molecule has 0 aliphatic heterocycles. The SMILES string of the molecule is COCC(O)CNC(=O)C1CCCCCC1N. The van der Waals surface area contributed by atoms with Crippen molar-refractivity contribution < 1.29 is 14.6 Å². The number of carbonyl (C=O) groups excluding carboxylic acids is 1. The van der Waals surface area contributed by atoms with Gasteiger partial charge in [0.2, 0.25) is 5.91 Å². The number of hydrogen-bond donors (Lipinski definition) is 3. The summed E-state index contributed by atoms with van der Waals surface area (Å²) in [5, 5.41) is 12.2. The first kappa shape index (κ1) is 14.4. The van der Waals surface area contributed by atoms with E-state index in [0.29, 0.717) is 0 Å². The second kappa shape index (κ2) is 7.63. The molecule has 0 spiro atoms. The van der Waals surface area contributed by atoms with Crippen LogP contribution < -0.4 is 11.1 Å². The number of aliphatic hydroxyl groups is 1. The Labute approximate surface area is 103 Å². The molecule has 0 heterocycles. The largest absolute Gasteiger partial charge is 0.389 e. The van der Waals surface area contributed by atoms with Gasteiger partial charge in [0.15, 0.2) is 0 Å². The Morgan fingerprint density at radius 2 is 2.18 bits per heavy atom. The number of amides is 1. The van der Waals surface area contributed by atoms with Gasteiger partial charge >= 0.3 is 0 Å². The summed E-state index contributed by atoms with van der Waals surface area (Å²) in [5.41, 5.74) is 6.00. The van der Waals surface area contributed by atoms with Crippen LogP contribution in [0.1, 0.15) is 32.1 Å². The summed E-state index contributed by atoms with van der Waals surface area (Å²) in [5.74, 6) is -0.137. The molecular weight excluding hydrogens is 220 g/mol. The number of nitrogens with two attached hydrogens (primary N) is 1. The number of rotatable bonds is 5. The summed E-state index contributed by atoms with van der Waals surface area (Å²) in [6.07, 6.45) is 4.45. The van der Waals surface area contributed by atoms with Crippen LogP contribution in [0.25, 0.3) is 0 Å². The Kier molecular flexibility index (Phi) is 6.47. The van der Waals surface area contributed by atoms with Crippen LogP contribution in [0, 0.1) is 5.92 Å². The monoisotopic (exact) mass is 244 g/mol. The zero-order chi connectivity index (χ0) is 12.7. The lowest BCUT2D eigenvalue weighted by Crippen LogP contribution is -2.44. The first-order chi connectivity index (χ1) is 8.15. The number of nitrogens with one attached hydrogen (secondary N) is 1. The Balaban J connectivity index is 2.34.